The number of aromatic nitrogens is 1. The van der Waals surface area contributed by atoms with Crippen LogP contribution in [0.15, 0.2) is 30.5 Å². The van der Waals surface area contributed by atoms with Crippen molar-refractivity contribution in [3.8, 4) is 5.75 Å². The Morgan fingerprint density at radius 3 is 2.55 bits per heavy atom. The van der Waals surface area contributed by atoms with Gasteiger partial charge in [0.05, 0.1) is 10.6 Å². The van der Waals surface area contributed by atoms with Crippen molar-refractivity contribution in [1.29, 1.82) is 0 Å². The van der Waals surface area contributed by atoms with E-state index in [1.54, 1.807) is 0 Å². The SMILES string of the molecule is O=C(O)c1ccc(CNC(=O)c2cc(Cl)cc(Cl)c2O)cn1. The van der Waals surface area contributed by atoms with Crippen molar-refractivity contribution in [3.05, 3.63) is 57.3 Å². The Morgan fingerprint density at radius 1 is 1.23 bits per heavy atom. The molecule has 1 aromatic carbocycles. The molecule has 2 aromatic rings. The number of carboxylic acid groups (broad SMARTS) is 1. The van der Waals surface area contributed by atoms with Crippen LogP contribution in [0.1, 0.15) is 26.4 Å². The average Bonchev–Trinajstić information content (AvgIpc) is 2.48. The van der Waals surface area contributed by atoms with Crippen molar-refractivity contribution in [2.24, 2.45) is 0 Å². The maximum absolute atomic E-state index is 12.0. The lowest BCUT2D eigenvalue weighted by molar-refractivity contribution is 0.0690. The van der Waals surface area contributed by atoms with Gasteiger partial charge in [-0.05, 0) is 23.8 Å². The highest BCUT2D eigenvalue weighted by Gasteiger charge is 2.15. The van der Waals surface area contributed by atoms with Gasteiger partial charge < -0.3 is 15.5 Å². The van der Waals surface area contributed by atoms with Crippen LogP contribution in [0, 0.1) is 0 Å². The first-order chi connectivity index (χ1) is 10.4. The number of carboxylic acids is 1. The normalized spacial score (nSPS) is 10.3. The van der Waals surface area contributed by atoms with Crippen LogP contribution in [0.5, 0.6) is 5.75 Å². The largest absolute Gasteiger partial charge is 0.506 e. The second kappa shape index (κ2) is 6.64. The maximum atomic E-state index is 12.0. The van der Waals surface area contributed by atoms with Gasteiger partial charge in [0, 0.05) is 17.8 Å². The number of pyridine rings is 1. The second-order valence-electron chi connectivity index (χ2n) is 4.32. The van der Waals surface area contributed by atoms with E-state index in [0.717, 1.165) is 0 Å². The van der Waals surface area contributed by atoms with E-state index in [9.17, 15) is 14.7 Å². The highest BCUT2D eigenvalue weighted by atomic mass is 35.5. The molecule has 0 aliphatic heterocycles. The van der Waals surface area contributed by atoms with Crippen molar-refractivity contribution in [2.75, 3.05) is 0 Å². The Kier molecular flexibility index (Phi) is 4.85. The van der Waals surface area contributed by atoms with Gasteiger partial charge in [-0.2, -0.15) is 0 Å². The molecule has 8 heteroatoms. The zero-order valence-corrected chi connectivity index (χ0v) is 12.5. The summed E-state index contributed by atoms with van der Waals surface area (Å²) in [6.07, 6.45) is 1.34. The fourth-order valence-electron chi connectivity index (χ4n) is 1.67. The van der Waals surface area contributed by atoms with Crippen LogP contribution in [0.2, 0.25) is 10.0 Å². The van der Waals surface area contributed by atoms with Gasteiger partial charge >= 0.3 is 5.97 Å². The third-order valence-corrected chi connectivity index (χ3v) is 3.28. The Balaban J connectivity index is 2.08. The van der Waals surface area contributed by atoms with Crippen LogP contribution in [-0.2, 0) is 6.54 Å². The Morgan fingerprint density at radius 2 is 1.95 bits per heavy atom. The minimum atomic E-state index is -1.13. The molecular formula is C14H10Cl2N2O4. The number of phenols is 1. The molecule has 0 radical (unpaired) electrons. The number of hydrogen-bond acceptors (Lipinski definition) is 4. The molecule has 0 unspecified atom stereocenters. The van der Waals surface area contributed by atoms with Crippen molar-refractivity contribution in [3.63, 3.8) is 0 Å². The molecule has 0 aliphatic rings. The molecule has 0 saturated carbocycles. The quantitative estimate of drug-likeness (QED) is 0.794. The van der Waals surface area contributed by atoms with Gasteiger partial charge in [-0.25, -0.2) is 9.78 Å². The number of carbonyl (C=O) groups excluding carboxylic acids is 1. The molecule has 0 bridgehead atoms. The van der Waals surface area contributed by atoms with Crippen LogP contribution in [0.3, 0.4) is 0 Å². The molecule has 0 fully saturated rings. The summed E-state index contributed by atoms with van der Waals surface area (Å²) in [6.45, 7) is 0.106. The summed E-state index contributed by atoms with van der Waals surface area (Å²) in [4.78, 5) is 26.4. The van der Waals surface area contributed by atoms with Gasteiger partial charge in [-0.15, -0.1) is 0 Å². The third kappa shape index (κ3) is 3.66. The molecule has 1 heterocycles. The Hall–Kier alpha value is -2.31. The van der Waals surface area contributed by atoms with Crippen LogP contribution in [-0.4, -0.2) is 27.1 Å². The molecule has 1 aromatic heterocycles. The van der Waals surface area contributed by atoms with Gasteiger partial charge in [0.1, 0.15) is 11.4 Å². The zero-order valence-electron chi connectivity index (χ0n) is 11.0. The Labute approximate surface area is 135 Å². The van der Waals surface area contributed by atoms with Gasteiger partial charge in [-0.3, -0.25) is 4.79 Å². The summed E-state index contributed by atoms with van der Waals surface area (Å²) in [5, 5.41) is 21.3. The summed E-state index contributed by atoms with van der Waals surface area (Å²) in [7, 11) is 0. The first-order valence-electron chi connectivity index (χ1n) is 6.03. The molecular weight excluding hydrogens is 331 g/mol. The monoisotopic (exact) mass is 340 g/mol. The third-order valence-electron chi connectivity index (χ3n) is 2.77. The molecule has 0 atom stereocenters. The number of carbonyl (C=O) groups is 2. The van der Waals surface area contributed by atoms with Gasteiger partial charge in [-0.1, -0.05) is 29.3 Å². The van der Waals surface area contributed by atoms with Crippen LogP contribution >= 0.6 is 23.2 Å². The fraction of sp³-hybridized carbons (Fsp3) is 0.0714. The number of nitrogens with zero attached hydrogens (tertiary/aromatic N) is 1. The van der Waals surface area contributed by atoms with E-state index in [1.807, 2.05) is 0 Å². The molecule has 114 valence electrons. The highest BCUT2D eigenvalue weighted by Crippen LogP contribution is 2.31. The summed E-state index contributed by atoms with van der Waals surface area (Å²) >= 11 is 11.5. The molecule has 1 amide bonds. The first-order valence-corrected chi connectivity index (χ1v) is 6.78. The molecule has 6 nitrogen and oxygen atoms in total. The lowest BCUT2D eigenvalue weighted by Gasteiger charge is -2.08. The van der Waals surface area contributed by atoms with Crippen molar-refractivity contribution in [2.45, 2.75) is 6.54 Å². The van der Waals surface area contributed by atoms with Crippen molar-refractivity contribution < 1.29 is 19.8 Å². The van der Waals surface area contributed by atoms with Crippen molar-refractivity contribution in [1.82, 2.24) is 10.3 Å². The number of phenolic OH excluding ortho intramolecular Hbond substituents is 1. The van der Waals surface area contributed by atoms with E-state index in [-0.39, 0.29) is 33.6 Å². The smallest absolute Gasteiger partial charge is 0.354 e. The number of nitrogens with one attached hydrogen (secondary N) is 1. The minimum Gasteiger partial charge on any atom is -0.506 e. The molecule has 0 spiro atoms. The second-order valence-corrected chi connectivity index (χ2v) is 5.17. The highest BCUT2D eigenvalue weighted by molar-refractivity contribution is 6.36. The number of amides is 1. The fourth-order valence-corrected chi connectivity index (χ4v) is 2.17. The van der Waals surface area contributed by atoms with E-state index in [4.69, 9.17) is 28.3 Å². The summed E-state index contributed by atoms with van der Waals surface area (Å²) in [5.74, 6) is -2.05. The molecule has 22 heavy (non-hydrogen) atoms. The standard InChI is InChI=1S/C14H10Cl2N2O4/c15-8-3-9(12(19)10(16)4-8)13(20)18-6-7-1-2-11(14(21)22)17-5-7/h1-5,19H,6H2,(H,18,20)(H,21,22). The van der Waals surface area contributed by atoms with Gasteiger partial charge in [0.2, 0.25) is 0 Å². The number of benzene rings is 1. The Bertz CT molecular complexity index is 732. The number of aromatic hydroxyl groups is 1. The van der Waals surface area contributed by atoms with Crippen LogP contribution < -0.4 is 5.32 Å². The predicted octanol–water partition coefficient (Wildman–Crippen LogP) is 2.72. The maximum Gasteiger partial charge on any atom is 0.354 e. The van der Waals surface area contributed by atoms with E-state index in [1.165, 1.54) is 30.5 Å². The molecule has 0 aliphatic carbocycles. The minimum absolute atomic E-state index is 0.0230. The lowest BCUT2D eigenvalue weighted by atomic mass is 10.1. The average molecular weight is 341 g/mol. The summed E-state index contributed by atoms with van der Waals surface area (Å²) in [6, 6.07) is 5.48. The number of rotatable bonds is 4. The van der Waals surface area contributed by atoms with E-state index >= 15 is 0 Å². The van der Waals surface area contributed by atoms with E-state index < -0.39 is 11.9 Å². The lowest BCUT2D eigenvalue weighted by Crippen LogP contribution is -2.23. The predicted molar refractivity (Wildman–Crippen MR) is 80.5 cm³/mol. The van der Waals surface area contributed by atoms with Gasteiger partial charge in [0.15, 0.2) is 0 Å². The topological polar surface area (TPSA) is 99.5 Å². The van der Waals surface area contributed by atoms with Crippen LogP contribution in [0.25, 0.3) is 0 Å². The number of hydrogen-bond donors (Lipinski definition) is 3. The van der Waals surface area contributed by atoms with Crippen molar-refractivity contribution >= 4 is 35.1 Å². The van der Waals surface area contributed by atoms with Gasteiger partial charge in [0.25, 0.3) is 5.91 Å². The summed E-state index contributed by atoms with van der Waals surface area (Å²) < 4.78 is 0. The van der Waals surface area contributed by atoms with E-state index in [0.29, 0.717) is 5.56 Å². The van der Waals surface area contributed by atoms with Crippen LogP contribution in [0.4, 0.5) is 0 Å². The molecule has 3 N–H and O–H groups in total. The zero-order chi connectivity index (χ0) is 16.3. The number of aromatic carboxylic acids is 1. The molecule has 0 saturated heterocycles. The summed E-state index contributed by atoms with van der Waals surface area (Å²) in [5.41, 5.74) is 0.466. The van der Waals surface area contributed by atoms with E-state index in [2.05, 4.69) is 10.3 Å². The molecule has 2 rings (SSSR count). The number of halogens is 2. The first kappa shape index (κ1) is 16.1.